The number of hydrogen-bond acceptors (Lipinski definition) is 2. The summed E-state index contributed by atoms with van der Waals surface area (Å²) in [5.74, 6) is 5.69. The van der Waals surface area contributed by atoms with Crippen molar-refractivity contribution in [3.63, 3.8) is 0 Å². The molecule has 1 aromatic rings. The maximum atomic E-state index is 9.69. The molecule has 1 rings (SSSR count). The second-order valence-corrected chi connectivity index (χ2v) is 3.28. The van der Waals surface area contributed by atoms with Gasteiger partial charge in [0, 0.05) is 12.6 Å². The summed E-state index contributed by atoms with van der Waals surface area (Å²) in [4.78, 5) is 3.90. The van der Waals surface area contributed by atoms with Crippen LogP contribution in [-0.2, 0) is 0 Å². The zero-order valence-electron chi connectivity index (χ0n) is 8.00. The average Bonchev–Trinajstić information content (AvgIpc) is 2.19. The zero-order valence-corrected chi connectivity index (χ0v) is 8.75. The van der Waals surface area contributed by atoms with E-state index in [1.165, 1.54) is 0 Å². The molecule has 0 amide bonds. The number of aliphatic hydroxyl groups is 1. The number of hydrogen-bond donors (Lipinski definition) is 1. The Morgan fingerprint density at radius 3 is 2.93 bits per heavy atom. The molecule has 0 aliphatic heterocycles. The van der Waals surface area contributed by atoms with E-state index in [9.17, 15) is 5.11 Å². The highest BCUT2D eigenvalue weighted by atomic mass is 35.5. The lowest BCUT2D eigenvalue weighted by molar-refractivity contribution is 0.169. The van der Waals surface area contributed by atoms with Gasteiger partial charge in [-0.2, -0.15) is 0 Å². The lowest BCUT2D eigenvalue weighted by Crippen LogP contribution is -1.97. The van der Waals surface area contributed by atoms with Crippen LogP contribution >= 0.6 is 11.6 Å². The Morgan fingerprint density at radius 1 is 1.57 bits per heavy atom. The van der Waals surface area contributed by atoms with Crippen molar-refractivity contribution < 1.29 is 5.11 Å². The molecule has 0 aliphatic rings. The molecule has 2 nitrogen and oxygen atoms in total. The molecule has 1 atom stereocenters. The molecule has 74 valence electrons. The molecule has 1 aromatic heterocycles. The molecule has 0 bridgehead atoms. The first-order valence-corrected chi connectivity index (χ1v) is 4.81. The van der Waals surface area contributed by atoms with E-state index in [4.69, 9.17) is 11.6 Å². The molecule has 3 heteroatoms. The Labute approximate surface area is 88.9 Å². The van der Waals surface area contributed by atoms with Gasteiger partial charge in [-0.3, -0.25) is 0 Å². The molecule has 0 fully saturated rings. The lowest BCUT2D eigenvalue weighted by atomic mass is 10.1. The molecule has 0 radical (unpaired) electrons. The lowest BCUT2D eigenvalue weighted by Gasteiger charge is -2.07. The monoisotopic (exact) mass is 209 g/mol. The number of pyridine rings is 1. The number of aromatic nitrogens is 1. The van der Waals surface area contributed by atoms with Gasteiger partial charge in [-0.15, -0.1) is 11.8 Å². The van der Waals surface area contributed by atoms with E-state index in [1.54, 1.807) is 25.3 Å². The summed E-state index contributed by atoms with van der Waals surface area (Å²) >= 11 is 5.63. The Bertz CT molecular complexity index is 337. The van der Waals surface area contributed by atoms with Crippen LogP contribution in [0.2, 0.25) is 5.15 Å². The Kier molecular flexibility index (Phi) is 4.45. The predicted molar refractivity (Wildman–Crippen MR) is 56.9 cm³/mol. The van der Waals surface area contributed by atoms with Crippen LogP contribution in [0.4, 0.5) is 0 Å². The van der Waals surface area contributed by atoms with Crippen molar-refractivity contribution in [3.05, 3.63) is 29.0 Å². The fraction of sp³-hybridized carbons (Fsp3) is 0.364. The van der Waals surface area contributed by atoms with E-state index in [2.05, 4.69) is 16.8 Å². The van der Waals surface area contributed by atoms with Gasteiger partial charge in [0.05, 0.1) is 6.10 Å². The minimum absolute atomic E-state index is 0.439. The topological polar surface area (TPSA) is 33.1 Å². The summed E-state index contributed by atoms with van der Waals surface area (Å²) in [6.07, 6.45) is 2.41. The van der Waals surface area contributed by atoms with Gasteiger partial charge in [0.15, 0.2) is 0 Å². The Morgan fingerprint density at radius 2 is 2.36 bits per heavy atom. The third-order valence-corrected chi connectivity index (χ3v) is 2.08. The summed E-state index contributed by atoms with van der Waals surface area (Å²) in [5, 5.41) is 10.1. The smallest absolute Gasteiger partial charge is 0.129 e. The first kappa shape index (κ1) is 11.0. The standard InChI is InChI=1S/C11H12ClNO/c1-2-3-4-5-10(14)9-6-7-11(12)13-8-9/h6-8,10,14H,4-5H2,1H3. The van der Waals surface area contributed by atoms with Crippen LogP contribution in [0.1, 0.15) is 31.4 Å². The highest BCUT2D eigenvalue weighted by Crippen LogP contribution is 2.18. The zero-order chi connectivity index (χ0) is 10.4. The van der Waals surface area contributed by atoms with Crippen LogP contribution in [0.25, 0.3) is 0 Å². The molecule has 0 saturated heterocycles. The summed E-state index contributed by atoms with van der Waals surface area (Å²) in [7, 11) is 0. The summed E-state index contributed by atoms with van der Waals surface area (Å²) < 4.78 is 0. The summed E-state index contributed by atoms with van der Waals surface area (Å²) in [6.45, 7) is 1.79. The van der Waals surface area contributed by atoms with Crippen LogP contribution in [0.3, 0.4) is 0 Å². The van der Waals surface area contributed by atoms with Crippen LogP contribution in [0.15, 0.2) is 18.3 Å². The minimum Gasteiger partial charge on any atom is -0.388 e. The van der Waals surface area contributed by atoms with Crippen LogP contribution in [-0.4, -0.2) is 10.1 Å². The van der Waals surface area contributed by atoms with Gasteiger partial charge in [0.25, 0.3) is 0 Å². The summed E-state index contributed by atoms with van der Waals surface area (Å²) in [5.41, 5.74) is 0.785. The van der Waals surface area contributed by atoms with E-state index >= 15 is 0 Å². The van der Waals surface area contributed by atoms with Crippen molar-refractivity contribution >= 4 is 11.6 Å². The van der Waals surface area contributed by atoms with E-state index in [-0.39, 0.29) is 0 Å². The van der Waals surface area contributed by atoms with Gasteiger partial charge in [0.2, 0.25) is 0 Å². The van der Waals surface area contributed by atoms with Crippen molar-refractivity contribution in [3.8, 4) is 11.8 Å². The molecule has 1 unspecified atom stereocenters. The second-order valence-electron chi connectivity index (χ2n) is 2.90. The van der Waals surface area contributed by atoms with E-state index in [0.717, 1.165) is 5.56 Å². The number of halogens is 1. The van der Waals surface area contributed by atoms with E-state index in [1.807, 2.05) is 0 Å². The number of nitrogens with zero attached hydrogens (tertiary/aromatic N) is 1. The van der Waals surface area contributed by atoms with E-state index in [0.29, 0.717) is 18.0 Å². The van der Waals surface area contributed by atoms with Crippen molar-refractivity contribution in [1.82, 2.24) is 4.98 Å². The van der Waals surface area contributed by atoms with Crippen molar-refractivity contribution in [2.75, 3.05) is 0 Å². The van der Waals surface area contributed by atoms with Gasteiger partial charge in [0.1, 0.15) is 5.15 Å². The normalized spacial score (nSPS) is 11.6. The molecule has 1 N–H and O–H groups in total. The van der Waals surface area contributed by atoms with Crippen molar-refractivity contribution in [2.24, 2.45) is 0 Å². The fourth-order valence-electron chi connectivity index (χ4n) is 1.08. The Hall–Kier alpha value is -1.04. The highest BCUT2D eigenvalue weighted by molar-refractivity contribution is 6.29. The van der Waals surface area contributed by atoms with Gasteiger partial charge >= 0.3 is 0 Å². The second kappa shape index (κ2) is 5.64. The molecule has 1 heterocycles. The maximum absolute atomic E-state index is 9.69. The van der Waals surface area contributed by atoms with Gasteiger partial charge in [-0.25, -0.2) is 4.98 Å². The third kappa shape index (κ3) is 3.37. The molecule has 14 heavy (non-hydrogen) atoms. The first-order valence-electron chi connectivity index (χ1n) is 4.43. The van der Waals surface area contributed by atoms with Crippen LogP contribution in [0, 0.1) is 11.8 Å². The predicted octanol–water partition coefficient (Wildman–Crippen LogP) is 2.57. The quantitative estimate of drug-likeness (QED) is 0.613. The van der Waals surface area contributed by atoms with Crippen LogP contribution in [0.5, 0.6) is 0 Å². The van der Waals surface area contributed by atoms with Crippen LogP contribution < -0.4 is 0 Å². The van der Waals surface area contributed by atoms with Gasteiger partial charge in [-0.05, 0) is 25.0 Å². The average molecular weight is 210 g/mol. The third-order valence-electron chi connectivity index (χ3n) is 1.85. The number of rotatable bonds is 3. The van der Waals surface area contributed by atoms with Gasteiger partial charge < -0.3 is 5.11 Å². The molecular weight excluding hydrogens is 198 g/mol. The largest absolute Gasteiger partial charge is 0.388 e. The molecule has 0 aromatic carbocycles. The highest BCUT2D eigenvalue weighted by Gasteiger charge is 2.06. The molecular formula is C11H12ClNO. The minimum atomic E-state index is -0.499. The van der Waals surface area contributed by atoms with Crippen molar-refractivity contribution in [2.45, 2.75) is 25.9 Å². The fourth-order valence-corrected chi connectivity index (χ4v) is 1.20. The van der Waals surface area contributed by atoms with Gasteiger partial charge in [-0.1, -0.05) is 17.7 Å². The van der Waals surface area contributed by atoms with E-state index < -0.39 is 6.10 Å². The molecule has 0 aliphatic carbocycles. The SMILES string of the molecule is CC#CCCC(O)c1ccc(Cl)nc1. The molecule has 0 saturated carbocycles. The maximum Gasteiger partial charge on any atom is 0.129 e. The first-order chi connectivity index (χ1) is 6.74. The molecule has 0 spiro atoms. The van der Waals surface area contributed by atoms with Crippen molar-refractivity contribution in [1.29, 1.82) is 0 Å². The Balaban J connectivity index is 2.54. The summed E-state index contributed by atoms with van der Waals surface area (Å²) in [6, 6.07) is 3.45. The number of aliphatic hydroxyl groups excluding tert-OH is 1.